The molecule has 7 nitrogen and oxygen atoms in total. The minimum atomic E-state index is -0.582. The fourth-order valence-electron chi connectivity index (χ4n) is 4.05. The fraction of sp³-hybridized carbons (Fsp3) is 0.360. The number of aromatic amines is 1. The third-order valence-corrected chi connectivity index (χ3v) is 5.78. The molecule has 2 heterocycles. The van der Waals surface area contributed by atoms with Gasteiger partial charge in [-0.2, -0.15) is 0 Å². The van der Waals surface area contributed by atoms with Crippen molar-refractivity contribution in [2.75, 3.05) is 11.9 Å². The number of para-hydroxylation sites is 1. The molecule has 0 saturated carbocycles. The zero-order valence-corrected chi connectivity index (χ0v) is 19.9. The van der Waals surface area contributed by atoms with Crippen molar-refractivity contribution in [3.8, 4) is 0 Å². The Morgan fingerprint density at radius 3 is 2.79 bits per heavy atom. The van der Waals surface area contributed by atoms with E-state index in [1.807, 2.05) is 70.3 Å². The van der Waals surface area contributed by atoms with E-state index in [-0.39, 0.29) is 18.2 Å². The number of halogens is 1. The number of H-pyrrole nitrogens is 1. The van der Waals surface area contributed by atoms with Gasteiger partial charge >= 0.3 is 12.2 Å². The first-order valence-corrected chi connectivity index (χ1v) is 11.3. The maximum Gasteiger partial charge on any atom is 0.412 e. The first kappa shape index (κ1) is 23.0. The Morgan fingerprint density at radius 1 is 1.30 bits per heavy atom. The van der Waals surface area contributed by atoms with E-state index in [0.29, 0.717) is 23.7 Å². The molecule has 8 heteroatoms. The number of carbonyl (C=O) groups excluding carboxylic acids is 2. The fourth-order valence-corrected chi connectivity index (χ4v) is 4.25. The summed E-state index contributed by atoms with van der Waals surface area (Å²) in [5.41, 5.74) is 2.80. The lowest BCUT2D eigenvalue weighted by atomic mass is 10.0. The molecule has 0 aliphatic carbocycles. The first-order valence-electron chi connectivity index (χ1n) is 10.9. The highest BCUT2D eigenvalue weighted by Crippen LogP contribution is 2.31. The number of carbonyl (C=O) groups is 2. The van der Waals surface area contributed by atoms with Gasteiger partial charge in [0.2, 0.25) is 0 Å². The number of cyclic esters (lactones) is 1. The molecular weight excluding hydrogens is 442 g/mol. The molecular formula is C25H28ClN3O4. The number of benzene rings is 2. The molecule has 1 saturated heterocycles. The molecule has 33 heavy (non-hydrogen) atoms. The van der Waals surface area contributed by atoms with Gasteiger partial charge in [-0.3, -0.25) is 5.32 Å². The molecule has 4 rings (SSSR count). The molecule has 2 aromatic carbocycles. The van der Waals surface area contributed by atoms with Crippen LogP contribution in [0.2, 0.25) is 5.02 Å². The zero-order valence-electron chi connectivity index (χ0n) is 19.1. The summed E-state index contributed by atoms with van der Waals surface area (Å²) >= 11 is 6.09. The predicted octanol–water partition coefficient (Wildman–Crippen LogP) is 6.29. The minimum Gasteiger partial charge on any atom is -0.444 e. The Bertz CT molecular complexity index is 1180. The van der Waals surface area contributed by atoms with E-state index < -0.39 is 11.7 Å². The number of nitrogens with zero attached hydrogens (tertiary/aromatic N) is 1. The number of hydrogen-bond acceptors (Lipinski definition) is 4. The van der Waals surface area contributed by atoms with E-state index in [9.17, 15) is 9.59 Å². The molecule has 0 spiro atoms. The summed E-state index contributed by atoms with van der Waals surface area (Å²) in [5.74, 6) is 0. The summed E-state index contributed by atoms with van der Waals surface area (Å²) in [6.07, 6.45) is 1.36. The average molecular weight is 470 g/mol. The van der Waals surface area contributed by atoms with Crippen molar-refractivity contribution in [3.05, 3.63) is 64.8 Å². The van der Waals surface area contributed by atoms with Gasteiger partial charge in [-0.05, 0) is 63.4 Å². The van der Waals surface area contributed by atoms with Crippen LogP contribution in [0.1, 0.15) is 44.9 Å². The Morgan fingerprint density at radius 2 is 2.06 bits per heavy atom. The quantitative estimate of drug-likeness (QED) is 0.459. The Kier molecular flexibility index (Phi) is 6.26. The monoisotopic (exact) mass is 469 g/mol. The minimum absolute atomic E-state index is 0.0804. The van der Waals surface area contributed by atoms with Gasteiger partial charge in [0.1, 0.15) is 11.7 Å². The van der Waals surface area contributed by atoms with Crippen LogP contribution in [0.3, 0.4) is 0 Å². The molecule has 0 bridgehead atoms. The molecule has 0 radical (unpaired) electrons. The topological polar surface area (TPSA) is 83.7 Å². The van der Waals surface area contributed by atoms with Crippen LogP contribution in [0.25, 0.3) is 10.9 Å². The lowest BCUT2D eigenvalue weighted by Crippen LogP contribution is -2.35. The molecule has 3 aromatic rings. The second-order valence-corrected chi connectivity index (χ2v) is 9.74. The second kappa shape index (κ2) is 8.98. The number of fused-ring (bicyclic) bond motifs is 1. The number of rotatable bonds is 5. The van der Waals surface area contributed by atoms with Crippen LogP contribution in [-0.4, -0.2) is 40.3 Å². The number of amides is 2. The van der Waals surface area contributed by atoms with E-state index in [1.54, 1.807) is 11.0 Å². The Labute approximate surface area is 198 Å². The Balaban J connectivity index is 1.48. The van der Waals surface area contributed by atoms with Crippen LogP contribution in [0.15, 0.2) is 48.7 Å². The van der Waals surface area contributed by atoms with Crippen LogP contribution in [0, 0.1) is 0 Å². The van der Waals surface area contributed by atoms with Crippen molar-refractivity contribution < 1.29 is 19.1 Å². The predicted molar refractivity (Wildman–Crippen MR) is 129 cm³/mol. The first-order chi connectivity index (χ1) is 15.6. The third-order valence-electron chi connectivity index (χ3n) is 5.54. The van der Waals surface area contributed by atoms with Crippen LogP contribution in [0.4, 0.5) is 15.3 Å². The zero-order chi connectivity index (χ0) is 23.8. The third kappa shape index (κ3) is 5.25. The molecule has 1 aliphatic rings. The Hall–Kier alpha value is -3.19. The molecule has 1 fully saturated rings. The summed E-state index contributed by atoms with van der Waals surface area (Å²) in [6.45, 7) is 7.93. The van der Waals surface area contributed by atoms with Gasteiger partial charge in [-0.15, -0.1) is 0 Å². The summed E-state index contributed by atoms with van der Waals surface area (Å²) < 4.78 is 11.0. The van der Waals surface area contributed by atoms with Gasteiger partial charge in [0.15, 0.2) is 0 Å². The number of nitrogens with one attached hydrogen (secondary N) is 2. The van der Waals surface area contributed by atoms with E-state index in [1.165, 1.54) is 0 Å². The number of hydrogen-bond donors (Lipinski definition) is 2. The molecule has 2 atom stereocenters. The van der Waals surface area contributed by atoms with Crippen molar-refractivity contribution in [2.24, 2.45) is 0 Å². The summed E-state index contributed by atoms with van der Waals surface area (Å²) in [4.78, 5) is 29.8. The molecule has 2 amide bonds. The van der Waals surface area contributed by atoms with E-state index in [2.05, 4.69) is 10.3 Å². The molecule has 2 N–H and O–H groups in total. The number of ether oxygens (including phenoxy) is 2. The summed E-state index contributed by atoms with van der Waals surface area (Å²) in [7, 11) is 0. The maximum atomic E-state index is 12.6. The maximum absolute atomic E-state index is 12.6. The van der Waals surface area contributed by atoms with Crippen molar-refractivity contribution in [1.82, 2.24) is 9.88 Å². The van der Waals surface area contributed by atoms with E-state index in [4.69, 9.17) is 21.1 Å². The lowest BCUT2D eigenvalue weighted by Gasteiger charge is -2.21. The summed E-state index contributed by atoms with van der Waals surface area (Å²) in [5, 5.41) is 4.41. The normalized spacial score (nSPS) is 17.2. The average Bonchev–Trinajstić information content (AvgIpc) is 3.31. The van der Waals surface area contributed by atoms with Gasteiger partial charge in [-0.25, -0.2) is 9.59 Å². The highest BCUT2D eigenvalue weighted by atomic mass is 35.5. The standard InChI is InChI=1S/C25H28ClN3O4/c1-15(29-14-21(32-24(29)31)16-7-5-8-18(26)12-16)11-17-13-27-22-19(17)9-6-10-20(22)28-23(30)33-25(2,3)4/h5-10,12-13,15,21,27H,11,14H2,1-4H3,(H,28,30)/t15-,21+/m1/s1. The van der Waals surface area contributed by atoms with Gasteiger partial charge in [0, 0.05) is 22.6 Å². The van der Waals surface area contributed by atoms with Gasteiger partial charge < -0.3 is 19.4 Å². The smallest absolute Gasteiger partial charge is 0.412 e. The highest BCUT2D eigenvalue weighted by molar-refractivity contribution is 6.30. The van der Waals surface area contributed by atoms with E-state index >= 15 is 0 Å². The van der Waals surface area contributed by atoms with Crippen LogP contribution in [0.5, 0.6) is 0 Å². The SMILES string of the molecule is C[C@H](Cc1c[nH]c2c(NC(=O)OC(C)(C)C)cccc12)N1C[C@@H](c2cccc(Cl)c2)OC1=O. The number of aromatic nitrogens is 1. The second-order valence-electron chi connectivity index (χ2n) is 9.30. The molecule has 0 unspecified atom stereocenters. The van der Waals surface area contributed by atoms with Crippen molar-refractivity contribution in [1.29, 1.82) is 0 Å². The highest BCUT2D eigenvalue weighted by Gasteiger charge is 2.35. The molecule has 1 aromatic heterocycles. The largest absolute Gasteiger partial charge is 0.444 e. The van der Waals surface area contributed by atoms with E-state index in [0.717, 1.165) is 22.0 Å². The van der Waals surface area contributed by atoms with Crippen molar-refractivity contribution in [3.63, 3.8) is 0 Å². The molecule has 174 valence electrons. The summed E-state index contributed by atoms with van der Waals surface area (Å²) in [6, 6.07) is 13.0. The molecule has 1 aliphatic heterocycles. The number of anilines is 1. The van der Waals surface area contributed by atoms with Crippen LogP contribution < -0.4 is 5.32 Å². The van der Waals surface area contributed by atoms with Crippen LogP contribution in [-0.2, 0) is 15.9 Å². The van der Waals surface area contributed by atoms with Crippen molar-refractivity contribution >= 4 is 40.4 Å². The van der Waals surface area contributed by atoms with Gasteiger partial charge in [0.25, 0.3) is 0 Å². The van der Waals surface area contributed by atoms with Crippen molar-refractivity contribution in [2.45, 2.75) is 51.9 Å². The van der Waals surface area contributed by atoms with Gasteiger partial charge in [0.05, 0.1) is 17.7 Å². The lowest BCUT2D eigenvalue weighted by molar-refractivity contribution is 0.0636. The van der Waals surface area contributed by atoms with Crippen LogP contribution >= 0.6 is 11.6 Å². The van der Waals surface area contributed by atoms with Gasteiger partial charge in [-0.1, -0.05) is 35.9 Å².